The number of morpholine rings is 1. The summed E-state index contributed by atoms with van der Waals surface area (Å²) in [5.74, 6) is 0.963. The molecular weight excluding hydrogens is 368 g/mol. The van der Waals surface area contributed by atoms with Gasteiger partial charge in [-0.1, -0.05) is 30.3 Å². The van der Waals surface area contributed by atoms with Crippen LogP contribution in [0.2, 0.25) is 0 Å². The Kier molecular flexibility index (Phi) is 5.37. The smallest absolute Gasteiger partial charge is 0.225 e. The van der Waals surface area contributed by atoms with Gasteiger partial charge in [0.2, 0.25) is 5.91 Å². The van der Waals surface area contributed by atoms with E-state index < -0.39 is 6.10 Å². The van der Waals surface area contributed by atoms with Crippen molar-refractivity contribution in [2.24, 2.45) is 17.3 Å². The molecule has 3 saturated heterocycles. The van der Waals surface area contributed by atoms with E-state index in [9.17, 15) is 9.90 Å². The highest BCUT2D eigenvalue weighted by molar-refractivity contribution is 5.79. The zero-order valence-electron chi connectivity index (χ0n) is 17.0. The van der Waals surface area contributed by atoms with Gasteiger partial charge in [-0.15, -0.1) is 0 Å². The SMILES string of the molecule is O=C(C1CCOCC1)N1C[C@H](O)[C@@]2(C1)[C@H](CN1CCOCC1)[C@H]2c1ccccc1. The number of amides is 1. The molecule has 3 heterocycles. The van der Waals surface area contributed by atoms with Crippen LogP contribution in [-0.2, 0) is 14.3 Å². The van der Waals surface area contributed by atoms with Gasteiger partial charge in [0.15, 0.2) is 0 Å². The van der Waals surface area contributed by atoms with Gasteiger partial charge in [-0.25, -0.2) is 0 Å². The molecule has 1 N–H and O–H groups in total. The number of aliphatic hydroxyl groups is 1. The first-order chi connectivity index (χ1) is 14.2. The van der Waals surface area contributed by atoms with Crippen molar-refractivity contribution in [3.63, 3.8) is 0 Å². The first kappa shape index (κ1) is 19.5. The molecule has 1 saturated carbocycles. The molecule has 4 atom stereocenters. The molecular formula is C23H32N2O4. The number of benzene rings is 1. The second-order valence-electron chi connectivity index (χ2n) is 9.14. The summed E-state index contributed by atoms with van der Waals surface area (Å²) < 4.78 is 10.9. The number of hydrogen-bond acceptors (Lipinski definition) is 5. The summed E-state index contributed by atoms with van der Waals surface area (Å²) in [6.07, 6.45) is 1.15. The minimum Gasteiger partial charge on any atom is -0.391 e. The predicted octanol–water partition coefficient (Wildman–Crippen LogP) is 1.35. The molecule has 0 unspecified atom stereocenters. The van der Waals surface area contributed by atoms with E-state index in [2.05, 4.69) is 29.2 Å². The number of carbonyl (C=O) groups excluding carboxylic acids is 1. The Hall–Kier alpha value is -1.47. The highest BCUT2D eigenvalue weighted by Crippen LogP contribution is 2.69. The Morgan fingerprint density at radius 2 is 1.76 bits per heavy atom. The average molecular weight is 401 g/mol. The van der Waals surface area contributed by atoms with E-state index >= 15 is 0 Å². The summed E-state index contributed by atoms with van der Waals surface area (Å²) in [6.45, 7) is 6.94. The van der Waals surface area contributed by atoms with Gasteiger partial charge in [0.25, 0.3) is 0 Å². The molecule has 6 nitrogen and oxygen atoms in total. The lowest BCUT2D eigenvalue weighted by Gasteiger charge is -2.28. The van der Waals surface area contributed by atoms with Crippen molar-refractivity contribution >= 4 is 5.91 Å². The second kappa shape index (κ2) is 7.99. The molecule has 1 aromatic rings. The number of aliphatic hydroxyl groups excluding tert-OH is 1. The van der Waals surface area contributed by atoms with Crippen LogP contribution < -0.4 is 0 Å². The molecule has 6 heteroatoms. The highest BCUT2D eigenvalue weighted by atomic mass is 16.5. The van der Waals surface area contributed by atoms with Gasteiger partial charge in [-0.05, 0) is 30.2 Å². The van der Waals surface area contributed by atoms with Crippen molar-refractivity contribution in [3.05, 3.63) is 35.9 Å². The van der Waals surface area contributed by atoms with Crippen LogP contribution in [0.15, 0.2) is 30.3 Å². The molecule has 29 heavy (non-hydrogen) atoms. The third-order valence-electron chi connectivity index (χ3n) is 7.64. The van der Waals surface area contributed by atoms with Crippen molar-refractivity contribution in [3.8, 4) is 0 Å². The van der Waals surface area contributed by atoms with Gasteiger partial charge in [0.1, 0.15) is 0 Å². The van der Waals surface area contributed by atoms with Gasteiger partial charge in [0, 0.05) is 57.3 Å². The van der Waals surface area contributed by atoms with E-state index in [1.54, 1.807) is 0 Å². The maximum atomic E-state index is 13.1. The molecule has 3 aliphatic heterocycles. The van der Waals surface area contributed by atoms with Crippen molar-refractivity contribution < 1.29 is 19.4 Å². The van der Waals surface area contributed by atoms with E-state index in [-0.39, 0.29) is 17.2 Å². The summed E-state index contributed by atoms with van der Waals surface area (Å²) in [4.78, 5) is 17.6. The van der Waals surface area contributed by atoms with Gasteiger partial charge in [-0.2, -0.15) is 0 Å². The molecule has 1 aliphatic carbocycles. The normalized spacial score (nSPS) is 35.9. The van der Waals surface area contributed by atoms with Crippen molar-refractivity contribution in [2.75, 3.05) is 59.2 Å². The number of hydrogen-bond donors (Lipinski definition) is 1. The first-order valence-corrected chi connectivity index (χ1v) is 11.1. The quantitative estimate of drug-likeness (QED) is 0.827. The summed E-state index contributed by atoms with van der Waals surface area (Å²) in [6, 6.07) is 10.6. The van der Waals surface area contributed by atoms with Crippen LogP contribution in [0.4, 0.5) is 0 Å². The van der Waals surface area contributed by atoms with Crippen LogP contribution in [0.1, 0.15) is 24.3 Å². The van der Waals surface area contributed by atoms with Crippen LogP contribution >= 0.6 is 0 Å². The minimum absolute atomic E-state index is 0.0534. The number of rotatable bonds is 4. The van der Waals surface area contributed by atoms with E-state index in [0.29, 0.717) is 38.1 Å². The van der Waals surface area contributed by atoms with Gasteiger partial charge in [-0.3, -0.25) is 9.69 Å². The molecule has 1 amide bonds. The Morgan fingerprint density at radius 1 is 1.07 bits per heavy atom. The lowest BCUT2D eigenvalue weighted by Crippen LogP contribution is -2.39. The topological polar surface area (TPSA) is 62.2 Å². The molecule has 158 valence electrons. The maximum absolute atomic E-state index is 13.1. The number of likely N-dealkylation sites (tertiary alicyclic amines) is 1. The fourth-order valence-electron chi connectivity index (χ4n) is 6.00. The van der Waals surface area contributed by atoms with Gasteiger partial charge < -0.3 is 19.5 Å². The largest absolute Gasteiger partial charge is 0.391 e. The Bertz CT molecular complexity index is 717. The van der Waals surface area contributed by atoms with E-state index in [4.69, 9.17) is 9.47 Å². The van der Waals surface area contributed by atoms with E-state index in [0.717, 1.165) is 45.7 Å². The molecule has 4 aliphatic rings. The van der Waals surface area contributed by atoms with Crippen molar-refractivity contribution in [1.82, 2.24) is 9.80 Å². The zero-order chi connectivity index (χ0) is 19.8. The Morgan fingerprint density at radius 3 is 2.48 bits per heavy atom. The highest BCUT2D eigenvalue weighted by Gasteiger charge is 2.71. The average Bonchev–Trinajstić information content (AvgIpc) is 3.27. The third-order valence-corrected chi connectivity index (χ3v) is 7.64. The van der Waals surface area contributed by atoms with Crippen LogP contribution in [0.3, 0.4) is 0 Å². The number of ether oxygens (including phenoxy) is 2. The van der Waals surface area contributed by atoms with Crippen molar-refractivity contribution in [2.45, 2.75) is 24.9 Å². The fraction of sp³-hybridized carbons (Fsp3) is 0.696. The monoisotopic (exact) mass is 400 g/mol. The summed E-state index contributed by atoms with van der Waals surface area (Å²) in [5, 5.41) is 11.2. The van der Waals surface area contributed by atoms with Crippen LogP contribution in [0, 0.1) is 17.3 Å². The standard InChI is InChI=1S/C23H32N2O4/c26-20-15-25(22(27)18-6-10-28-11-7-18)16-23(20)19(14-24-8-12-29-13-9-24)21(23)17-4-2-1-3-5-17/h1-5,18-21,26H,6-16H2/t19-,20+,21-,23-/m1/s1. The molecule has 0 aromatic heterocycles. The number of β-amino-alcohol motifs (C(OH)–C–C–N with tert-alkyl or cyclic N) is 1. The summed E-state index contributed by atoms with van der Waals surface area (Å²) in [7, 11) is 0. The Labute approximate surface area is 172 Å². The van der Waals surface area contributed by atoms with Gasteiger partial charge in [0.05, 0.1) is 19.3 Å². The van der Waals surface area contributed by atoms with Crippen LogP contribution in [-0.4, -0.2) is 86.1 Å². The van der Waals surface area contributed by atoms with Crippen molar-refractivity contribution in [1.29, 1.82) is 0 Å². The molecule has 5 rings (SSSR count). The van der Waals surface area contributed by atoms with Crippen LogP contribution in [0.25, 0.3) is 0 Å². The molecule has 1 spiro atoms. The number of nitrogens with zero attached hydrogens (tertiary/aromatic N) is 2. The van der Waals surface area contributed by atoms with E-state index in [1.807, 2.05) is 11.0 Å². The molecule has 0 bridgehead atoms. The lowest BCUT2D eigenvalue weighted by atomic mass is 9.95. The predicted molar refractivity (Wildman–Crippen MR) is 108 cm³/mol. The van der Waals surface area contributed by atoms with E-state index in [1.165, 1.54) is 5.56 Å². The third kappa shape index (κ3) is 3.50. The number of carbonyl (C=O) groups is 1. The first-order valence-electron chi connectivity index (χ1n) is 11.1. The molecule has 1 aromatic carbocycles. The summed E-state index contributed by atoms with van der Waals surface area (Å²) in [5.41, 5.74) is 1.09. The van der Waals surface area contributed by atoms with Crippen LogP contribution in [0.5, 0.6) is 0 Å². The maximum Gasteiger partial charge on any atom is 0.225 e. The Balaban J connectivity index is 1.36. The fourth-order valence-corrected chi connectivity index (χ4v) is 6.00. The summed E-state index contributed by atoms with van der Waals surface area (Å²) >= 11 is 0. The molecule has 0 radical (unpaired) electrons. The zero-order valence-corrected chi connectivity index (χ0v) is 17.0. The molecule has 4 fully saturated rings. The second-order valence-corrected chi connectivity index (χ2v) is 9.14. The van der Waals surface area contributed by atoms with Gasteiger partial charge >= 0.3 is 0 Å². The lowest BCUT2D eigenvalue weighted by molar-refractivity contribution is -0.137. The minimum atomic E-state index is -0.456.